The number of anilines is 1. The minimum Gasteiger partial charge on any atom is -0.354 e. The van der Waals surface area contributed by atoms with Crippen molar-refractivity contribution < 1.29 is 0 Å². The molecular weight excluding hydrogens is 210 g/mol. The molecule has 0 aromatic carbocycles. The Kier molecular flexibility index (Phi) is 3.10. The van der Waals surface area contributed by atoms with Gasteiger partial charge >= 0.3 is 0 Å². The zero-order valence-electron chi connectivity index (χ0n) is 9.15. The molecule has 0 amide bonds. The van der Waals surface area contributed by atoms with Crippen LogP contribution in [0.2, 0.25) is 5.15 Å². The fraction of sp³-hybridized carbons (Fsp3) is 0.636. The predicted molar refractivity (Wildman–Crippen MR) is 62.2 cm³/mol. The van der Waals surface area contributed by atoms with E-state index < -0.39 is 0 Å². The zero-order chi connectivity index (χ0) is 10.8. The summed E-state index contributed by atoms with van der Waals surface area (Å²) in [6.45, 7) is 6.60. The molecule has 82 valence electrons. The first-order valence-corrected chi connectivity index (χ1v) is 5.76. The molecule has 0 spiro atoms. The standard InChI is InChI=1S/C11H16ClN3/c1-8-5-9(2)7-15(6-8)11-10(12)13-3-4-14-11/h3-4,8-9H,5-7H2,1-2H3. The Labute approximate surface area is 95.5 Å². The number of rotatable bonds is 1. The van der Waals surface area contributed by atoms with Gasteiger partial charge in [-0.25, -0.2) is 9.97 Å². The number of aromatic nitrogens is 2. The maximum absolute atomic E-state index is 6.04. The first kappa shape index (κ1) is 10.7. The summed E-state index contributed by atoms with van der Waals surface area (Å²) in [7, 11) is 0. The molecule has 1 aliphatic heterocycles. The van der Waals surface area contributed by atoms with Crippen LogP contribution >= 0.6 is 11.6 Å². The van der Waals surface area contributed by atoms with Crippen LogP contribution in [-0.2, 0) is 0 Å². The number of halogens is 1. The van der Waals surface area contributed by atoms with Gasteiger partial charge in [0.15, 0.2) is 11.0 Å². The molecular formula is C11H16ClN3. The van der Waals surface area contributed by atoms with Gasteiger partial charge in [0, 0.05) is 25.5 Å². The Balaban J connectivity index is 2.20. The molecule has 3 nitrogen and oxygen atoms in total. The molecule has 1 aliphatic rings. The minimum atomic E-state index is 0.513. The van der Waals surface area contributed by atoms with E-state index in [1.54, 1.807) is 12.4 Å². The van der Waals surface area contributed by atoms with E-state index in [1.807, 2.05) is 0 Å². The van der Waals surface area contributed by atoms with E-state index in [4.69, 9.17) is 11.6 Å². The van der Waals surface area contributed by atoms with Crippen molar-refractivity contribution in [3.8, 4) is 0 Å². The highest BCUT2D eigenvalue weighted by Crippen LogP contribution is 2.28. The van der Waals surface area contributed by atoms with Crippen molar-refractivity contribution in [1.29, 1.82) is 0 Å². The summed E-state index contributed by atoms with van der Waals surface area (Å²) < 4.78 is 0. The highest BCUT2D eigenvalue weighted by Gasteiger charge is 2.24. The summed E-state index contributed by atoms with van der Waals surface area (Å²) in [5.41, 5.74) is 0. The van der Waals surface area contributed by atoms with Crippen LogP contribution in [0.3, 0.4) is 0 Å². The Hall–Kier alpha value is -0.830. The SMILES string of the molecule is CC1CC(C)CN(c2nccnc2Cl)C1. The summed E-state index contributed by atoms with van der Waals surface area (Å²) in [4.78, 5) is 10.6. The molecule has 15 heavy (non-hydrogen) atoms. The summed E-state index contributed by atoms with van der Waals surface area (Å²) in [5, 5.41) is 0.513. The zero-order valence-corrected chi connectivity index (χ0v) is 9.91. The van der Waals surface area contributed by atoms with Crippen molar-refractivity contribution in [2.45, 2.75) is 20.3 Å². The van der Waals surface area contributed by atoms with Crippen LogP contribution in [0.5, 0.6) is 0 Å². The lowest BCUT2D eigenvalue weighted by atomic mass is 9.92. The normalized spacial score (nSPS) is 26.7. The number of piperidine rings is 1. The van der Waals surface area contributed by atoms with Crippen LogP contribution in [-0.4, -0.2) is 23.1 Å². The van der Waals surface area contributed by atoms with Crippen LogP contribution in [0.15, 0.2) is 12.4 Å². The first-order chi connectivity index (χ1) is 7.16. The lowest BCUT2D eigenvalue weighted by Gasteiger charge is -2.35. The van der Waals surface area contributed by atoms with E-state index in [9.17, 15) is 0 Å². The van der Waals surface area contributed by atoms with Gasteiger partial charge in [0.25, 0.3) is 0 Å². The van der Waals surface area contributed by atoms with Crippen molar-refractivity contribution in [3.63, 3.8) is 0 Å². The van der Waals surface area contributed by atoms with Gasteiger partial charge in [-0.05, 0) is 18.3 Å². The lowest BCUT2D eigenvalue weighted by Crippen LogP contribution is -2.39. The van der Waals surface area contributed by atoms with Crippen molar-refractivity contribution in [1.82, 2.24) is 9.97 Å². The lowest BCUT2D eigenvalue weighted by molar-refractivity contribution is 0.355. The molecule has 2 heterocycles. The molecule has 0 radical (unpaired) electrons. The van der Waals surface area contributed by atoms with E-state index in [-0.39, 0.29) is 0 Å². The Morgan fingerprint density at radius 2 is 1.80 bits per heavy atom. The van der Waals surface area contributed by atoms with Crippen molar-refractivity contribution in [3.05, 3.63) is 17.5 Å². The molecule has 0 N–H and O–H groups in total. The molecule has 0 bridgehead atoms. The Morgan fingerprint density at radius 3 is 2.40 bits per heavy atom. The van der Waals surface area contributed by atoms with E-state index >= 15 is 0 Å². The van der Waals surface area contributed by atoms with Gasteiger partial charge in [-0.3, -0.25) is 0 Å². The molecule has 2 atom stereocenters. The third kappa shape index (κ3) is 2.40. The number of hydrogen-bond donors (Lipinski definition) is 0. The fourth-order valence-electron chi connectivity index (χ4n) is 2.36. The van der Waals surface area contributed by atoms with Gasteiger partial charge < -0.3 is 4.90 Å². The van der Waals surface area contributed by atoms with Gasteiger partial charge in [0.05, 0.1) is 0 Å². The van der Waals surface area contributed by atoms with Gasteiger partial charge in [0.1, 0.15) is 0 Å². The van der Waals surface area contributed by atoms with Gasteiger partial charge in [-0.1, -0.05) is 25.4 Å². The molecule has 1 aromatic heterocycles. The smallest absolute Gasteiger partial charge is 0.171 e. The quantitative estimate of drug-likeness (QED) is 0.736. The maximum Gasteiger partial charge on any atom is 0.171 e. The van der Waals surface area contributed by atoms with Crippen LogP contribution in [0.1, 0.15) is 20.3 Å². The van der Waals surface area contributed by atoms with Crippen LogP contribution in [0, 0.1) is 11.8 Å². The van der Waals surface area contributed by atoms with Gasteiger partial charge in [0.2, 0.25) is 0 Å². The van der Waals surface area contributed by atoms with Crippen LogP contribution in [0.4, 0.5) is 5.82 Å². The third-order valence-corrected chi connectivity index (χ3v) is 3.07. The van der Waals surface area contributed by atoms with Crippen molar-refractivity contribution >= 4 is 17.4 Å². The Bertz CT molecular complexity index is 332. The average Bonchev–Trinajstić information content (AvgIpc) is 2.16. The largest absolute Gasteiger partial charge is 0.354 e. The molecule has 1 fully saturated rings. The third-order valence-electron chi connectivity index (χ3n) is 2.80. The second-order valence-corrected chi connectivity index (χ2v) is 4.88. The molecule has 2 rings (SSSR count). The van der Waals surface area contributed by atoms with E-state index in [0.717, 1.165) is 18.9 Å². The molecule has 2 unspecified atom stereocenters. The molecule has 1 aromatic rings. The number of nitrogens with zero attached hydrogens (tertiary/aromatic N) is 3. The number of hydrogen-bond acceptors (Lipinski definition) is 3. The van der Waals surface area contributed by atoms with Crippen LogP contribution < -0.4 is 4.90 Å². The summed E-state index contributed by atoms with van der Waals surface area (Å²) in [6, 6.07) is 0. The molecule has 0 saturated carbocycles. The highest BCUT2D eigenvalue weighted by molar-refractivity contribution is 6.31. The average molecular weight is 226 g/mol. The molecule has 4 heteroatoms. The topological polar surface area (TPSA) is 29.0 Å². The van der Waals surface area contributed by atoms with Crippen molar-refractivity contribution in [2.75, 3.05) is 18.0 Å². The minimum absolute atomic E-state index is 0.513. The highest BCUT2D eigenvalue weighted by atomic mass is 35.5. The maximum atomic E-state index is 6.04. The van der Waals surface area contributed by atoms with E-state index in [0.29, 0.717) is 17.0 Å². The molecule has 1 saturated heterocycles. The van der Waals surface area contributed by atoms with Gasteiger partial charge in [-0.2, -0.15) is 0 Å². The first-order valence-electron chi connectivity index (χ1n) is 5.38. The van der Waals surface area contributed by atoms with E-state index in [1.165, 1.54) is 6.42 Å². The van der Waals surface area contributed by atoms with Gasteiger partial charge in [-0.15, -0.1) is 0 Å². The molecule has 0 aliphatic carbocycles. The predicted octanol–water partition coefficient (Wildman–Crippen LogP) is 2.61. The monoisotopic (exact) mass is 225 g/mol. The fourth-order valence-corrected chi connectivity index (χ4v) is 2.59. The van der Waals surface area contributed by atoms with Crippen LogP contribution in [0.25, 0.3) is 0 Å². The summed E-state index contributed by atoms with van der Waals surface area (Å²) in [6.07, 6.45) is 4.61. The summed E-state index contributed by atoms with van der Waals surface area (Å²) in [5.74, 6) is 2.23. The Morgan fingerprint density at radius 1 is 1.20 bits per heavy atom. The summed E-state index contributed by atoms with van der Waals surface area (Å²) >= 11 is 6.04. The second-order valence-electron chi connectivity index (χ2n) is 4.52. The van der Waals surface area contributed by atoms with Crippen molar-refractivity contribution in [2.24, 2.45) is 11.8 Å². The van der Waals surface area contributed by atoms with E-state index in [2.05, 4.69) is 28.7 Å². The second kappa shape index (κ2) is 4.35.